The fourth-order valence-corrected chi connectivity index (χ4v) is 0.941. The Morgan fingerprint density at radius 3 is 2.69 bits per heavy atom. The van der Waals surface area contributed by atoms with Gasteiger partial charge in [-0.05, 0) is 12.1 Å². The first kappa shape index (κ1) is 7.79. The molecule has 1 aromatic rings. The molecule has 64 valence electrons. The highest BCUT2D eigenvalue weighted by Crippen LogP contribution is 2.11. The summed E-state index contributed by atoms with van der Waals surface area (Å²) in [7, 11) is 0. The second kappa shape index (κ2) is 3.71. The van der Waals surface area contributed by atoms with E-state index in [1.807, 2.05) is 30.3 Å². The lowest BCUT2D eigenvalue weighted by Crippen LogP contribution is -1.94. The van der Waals surface area contributed by atoms with Gasteiger partial charge < -0.3 is 0 Å². The van der Waals surface area contributed by atoms with Gasteiger partial charge in [-0.1, -0.05) is 18.2 Å². The van der Waals surface area contributed by atoms with Gasteiger partial charge in [0.05, 0.1) is 11.9 Å². The molecule has 1 atom stereocenters. The predicted molar refractivity (Wildman–Crippen MR) is 51.7 cm³/mol. The van der Waals surface area contributed by atoms with Crippen LogP contribution in [0.4, 0.5) is 5.69 Å². The molecule has 0 bridgehead atoms. The monoisotopic (exact) mass is 172 g/mol. The largest absolute Gasteiger partial charge is 0.245 e. The third-order valence-electron chi connectivity index (χ3n) is 1.55. The lowest BCUT2D eigenvalue weighted by atomic mass is 10.3. The minimum atomic E-state index is -0.236. The quantitative estimate of drug-likeness (QED) is 0.614. The van der Waals surface area contributed by atoms with Crippen LogP contribution in [-0.2, 0) is 0 Å². The smallest absolute Gasteiger partial charge is 0.197 e. The average molecular weight is 172 g/mol. The highest BCUT2D eigenvalue weighted by atomic mass is 15.2. The lowest BCUT2D eigenvalue weighted by molar-refractivity contribution is 0.884. The van der Waals surface area contributed by atoms with Gasteiger partial charge >= 0.3 is 0 Å². The van der Waals surface area contributed by atoms with Gasteiger partial charge in [-0.3, -0.25) is 0 Å². The van der Waals surface area contributed by atoms with Crippen molar-refractivity contribution in [3.63, 3.8) is 0 Å². The number of azo groups is 1. The molecule has 0 fully saturated rings. The third kappa shape index (κ3) is 2.05. The number of benzene rings is 1. The molecule has 4 nitrogen and oxygen atoms in total. The SMILES string of the molecule is C1=NC=NC1N=Nc1ccccc1. The molecule has 4 heteroatoms. The molecule has 1 aromatic carbocycles. The van der Waals surface area contributed by atoms with Gasteiger partial charge in [0.2, 0.25) is 0 Å². The maximum Gasteiger partial charge on any atom is 0.197 e. The minimum Gasteiger partial charge on any atom is -0.245 e. The van der Waals surface area contributed by atoms with Crippen LogP contribution in [0, 0.1) is 0 Å². The Morgan fingerprint density at radius 2 is 2.00 bits per heavy atom. The molecule has 1 aliphatic heterocycles. The number of hydrogen-bond acceptors (Lipinski definition) is 4. The highest BCUT2D eigenvalue weighted by molar-refractivity contribution is 5.81. The van der Waals surface area contributed by atoms with Crippen LogP contribution >= 0.6 is 0 Å². The standard InChI is InChI=1S/C9H8N4/c1-2-4-8(5-3-1)12-13-9-6-10-7-11-9/h1-7,9H. The van der Waals surface area contributed by atoms with E-state index < -0.39 is 0 Å². The highest BCUT2D eigenvalue weighted by Gasteiger charge is 2.01. The molecule has 0 radical (unpaired) electrons. The molecule has 0 amide bonds. The van der Waals surface area contributed by atoms with Crippen LogP contribution in [0.15, 0.2) is 50.5 Å². The molecule has 0 saturated heterocycles. The van der Waals surface area contributed by atoms with Gasteiger partial charge in [0.15, 0.2) is 6.17 Å². The summed E-state index contributed by atoms with van der Waals surface area (Å²) in [5, 5.41) is 7.98. The van der Waals surface area contributed by atoms with E-state index in [2.05, 4.69) is 20.2 Å². The van der Waals surface area contributed by atoms with Crippen LogP contribution < -0.4 is 0 Å². The number of nitrogens with zero attached hydrogens (tertiary/aromatic N) is 4. The molecule has 0 spiro atoms. The zero-order chi connectivity index (χ0) is 8.93. The zero-order valence-corrected chi connectivity index (χ0v) is 6.91. The molecule has 0 saturated carbocycles. The molecule has 13 heavy (non-hydrogen) atoms. The molecule has 1 unspecified atom stereocenters. The van der Waals surface area contributed by atoms with Crippen molar-refractivity contribution in [3.8, 4) is 0 Å². The van der Waals surface area contributed by atoms with Crippen LogP contribution in [0.25, 0.3) is 0 Å². The van der Waals surface area contributed by atoms with E-state index in [1.165, 1.54) is 6.34 Å². The van der Waals surface area contributed by atoms with Crippen molar-refractivity contribution in [3.05, 3.63) is 30.3 Å². The second-order valence-electron chi connectivity index (χ2n) is 2.53. The zero-order valence-electron chi connectivity index (χ0n) is 6.91. The first-order valence-corrected chi connectivity index (χ1v) is 3.96. The predicted octanol–water partition coefficient (Wildman–Crippen LogP) is 2.21. The Bertz CT molecular complexity index is 341. The Morgan fingerprint density at radius 1 is 1.15 bits per heavy atom. The Hall–Kier alpha value is -1.84. The maximum atomic E-state index is 4.01. The van der Waals surface area contributed by atoms with Gasteiger partial charge in [0.25, 0.3) is 0 Å². The van der Waals surface area contributed by atoms with Gasteiger partial charge in [0.1, 0.15) is 6.34 Å². The first-order chi connectivity index (χ1) is 6.45. The van der Waals surface area contributed by atoms with E-state index in [9.17, 15) is 0 Å². The Balaban J connectivity index is 2.05. The summed E-state index contributed by atoms with van der Waals surface area (Å²) in [6, 6.07) is 9.55. The summed E-state index contributed by atoms with van der Waals surface area (Å²) in [6.07, 6.45) is 2.89. The van der Waals surface area contributed by atoms with Crippen molar-refractivity contribution >= 4 is 18.2 Å². The van der Waals surface area contributed by atoms with Gasteiger partial charge in [-0.25, -0.2) is 9.98 Å². The first-order valence-electron chi connectivity index (χ1n) is 3.96. The van der Waals surface area contributed by atoms with Crippen LogP contribution in [0.1, 0.15) is 0 Å². The van der Waals surface area contributed by atoms with Crippen molar-refractivity contribution in [2.24, 2.45) is 20.2 Å². The Kier molecular flexibility index (Phi) is 2.22. The summed E-state index contributed by atoms with van der Waals surface area (Å²) in [5.41, 5.74) is 0.831. The molecule has 0 aromatic heterocycles. The van der Waals surface area contributed by atoms with Crippen molar-refractivity contribution in [1.29, 1.82) is 0 Å². The van der Waals surface area contributed by atoms with E-state index in [4.69, 9.17) is 0 Å². The van der Waals surface area contributed by atoms with Gasteiger partial charge in [-0.2, -0.15) is 10.2 Å². The lowest BCUT2D eigenvalue weighted by Gasteiger charge is -1.92. The number of hydrogen-bond donors (Lipinski definition) is 0. The molecule has 1 heterocycles. The Labute approximate surface area is 75.8 Å². The summed E-state index contributed by atoms with van der Waals surface area (Å²) in [4.78, 5) is 7.75. The molecular formula is C9H8N4. The van der Waals surface area contributed by atoms with E-state index in [0.717, 1.165) is 5.69 Å². The molecule has 0 N–H and O–H groups in total. The van der Waals surface area contributed by atoms with Crippen molar-refractivity contribution in [1.82, 2.24) is 0 Å². The summed E-state index contributed by atoms with van der Waals surface area (Å²) in [6.45, 7) is 0. The van der Waals surface area contributed by atoms with E-state index in [1.54, 1.807) is 6.21 Å². The van der Waals surface area contributed by atoms with Crippen LogP contribution in [0.2, 0.25) is 0 Å². The van der Waals surface area contributed by atoms with Crippen molar-refractivity contribution in [2.75, 3.05) is 0 Å². The van der Waals surface area contributed by atoms with Gasteiger partial charge in [0, 0.05) is 0 Å². The average Bonchev–Trinajstić information content (AvgIpc) is 2.69. The van der Waals surface area contributed by atoms with Crippen molar-refractivity contribution < 1.29 is 0 Å². The third-order valence-corrected chi connectivity index (χ3v) is 1.55. The maximum absolute atomic E-state index is 4.01. The van der Waals surface area contributed by atoms with Crippen LogP contribution in [-0.4, -0.2) is 18.7 Å². The molecular weight excluding hydrogens is 164 g/mol. The summed E-state index contributed by atoms with van der Waals surface area (Å²) in [5.74, 6) is 0. The van der Waals surface area contributed by atoms with E-state index in [0.29, 0.717) is 0 Å². The van der Waals surface area contributed by atoms with Gasteiger partial charge in [-0.15, -0.1) is 0 Å². The number of rotatable bonds is 2. The minimum absolute atomic E-state index is 0.236. The fourth-order valence-electron chi connectivity index (χ4n) is 0.941. The second-order valence-corrected chi connectivity index (χ2v) is 2.53. The fraction of sp³-hybridized carbons (Fsp3) is 0.111. The van der Waals surface area contributed by atoms with Crippen LogP contribution in [0.3, 0.4) is 0 Å². The summed E-state index contributed by atoms with van der Waals surface area (Å²) >= 11 is 0. The van der Waals surface area contributed by atoms with E-state index in [-0.39, 0.29) is 6.17 Å². The summed E-state index contributed by atoms with van der Waals surface area (Å²) < 4.78 is 0. The molecule has 1 aliphatic rings. The van der Waals surface area contributed by atoms with Crippen molar-refractivity contribution in [2.45, 2.75) is 6.17 Å². The molecule has 0 aliphatic carbocycles. The normalized spacial score (nSPS) is 20.2. The van der Waals surface area contributed by atoms with Crippen LogP contribution in [0.5, 0.6) is 0 Å². The number of aliphatic imine (C=N–C) groups is 2. The van der Waals surface area contributed by atoms with E-state index >= 15 is 0 Å². The topological polar surface area (TPSA) is 49.4 Å². The molecule has 2 rings (SSSR count).